The summed E-state index contributed by atoms with van der Waals surface area (Å²) in [6, 6.07) is 29.4. The van der Waals surface area contributed by atoms with Gasteiger partial charge in [-0.15, -0.1) is 33.8 Å². The van der Waals surface area contributed by atoms with Crippen LogP contribution in [0.2, 0.25) is 111 Å². The number of hydrogen-bond donors (Lipinski definition) is 0. The van der Waals surface area contributed by atoms with Crippen LogP contribution in [-0.4, -0.2) is 86.3 Å². The third-order valence-corrected chi connectivity index (χ3v) is 71.2. The quantitative estimate of drug-likeness (QED) is 0.0578. The van der Waals surface area contributed by atoms with Crippen molar-refractivity contribution in [1.29, 1.82) is 0 Å². The van der Waals surface area contributed by atoms with Crippen molar-refractivity contribution in [2.24, 2.45) is 0 Å². The first-order valence-corrected chi connectivity index (χ1v) is 82.7. The Balaban J connectivity index is 0.000000243. The normalized spacial score (nSPS) is 13.2. The van der Waals surface area contributed by atoms with E-state index in [0.717, 1.165) is 0 Å². The van der Waals surface area contributed by atoms with E-state index in [9.17, 15) is 0 Å². The molecular weight excluding hydrogens is 1700 g/mol. The zero-order chi connectivity index (χ0) is 75.5. The summed E-state index contributed by atoms with van der Waals surface area (Å²) < 4.78 is 8.75. The van der Waals surface area contributed by atoms with Crippen LogP contribution in [0.25, 0.3) is 83.4 Å². The van der Waals surface area contributed by atoms with Gasteiger partial charge in [0.15, 0.2) is 0 Å². The molecule has 12 heteroatoms. The molecule has 10 rings (SSSR count). The van der Waals surface area contributed by atoms with Gasteiger partial charge in [0, 0.05) is 31.3 Å². The molecule has 0 bridgehead atoms. The van der Waals surface area contributed by atoms with Crippen molar-refractivity contribution >= 4 is 230 Å². The van der Waals surface area contributed by atoms with Gasteiger partial charge < -0.3 is 0 Å². The molecule has 0 radical (unpaired) electrons. The first kappa shape index (κ1) is 84.6. The molecule has 101 heavy (non-hydrogen) atoms. The van der Waals surface area contributed by atoms with Gasteiger partial charge in [-0.2, -0.15) is 0 Å². The minimum absolute atomic E-state index is 0.583. The van der Waals surface area contributed by atoms with Crippen molar-refractivity contribution in [2.45, 2.75) is 277 Å². The predicted octanol–water partition coefficient (Wildman–Crippen LogP) is 30.3. The van der Waals surface area contributed by atoms with E-state index >= 15 is 0 Å². The van der Waals surface area contributed by atoms with Crippen LogP contribution >= 0.6 is 54.3 Å². The number of fused-ring (bicyclic) bond motifs is 8. The van der Waals surface area contributed by atoms with Crippen molar-refractivity contribution in [2.75, 3.05) is 0 Å². The third kappa shape index (κ3) is 17.1. The van der Waals surface area contributed by atoms with E-state index in [0.29, 0.717) is 66.5 Å². The zero-order valence-electron chi connectivity index (χ0n) is 68.5. The monoisotopic (exact) mass is 1830 g/mol. The van der Waals surface area contributed by atoms with Crippen molar-refractivity contribution in [3.63, 3.8) is 0 Å². The molecule has 540 valence electrons. The molecule has 0 aliphatic rings. The minimum atomic E-state index is -2.30. The molecular formula is C89H125ClS4Si4Sn3. The molecule has 4 aromatic heterocycles. The van der Waals surface area contributed by atoms with Gasteiger partial charge in [-0.3, -0.25) is 0 Å². The topological polar surface area (TPSA) is 0 Å². The molecule has 0 spiro atoms. The van der Waals surface area contributed by atoms with Crippen molar-refractivity contribution in [1.82, 2.24) is 0 Å². The molecule has 0 N–H and O–H groups in total. The molecule has 0 saturated heterocycles. The van der Waals surface area contributed by atoms with E-state index in [1.807, 2.05) is 45.3 Å². The molecule has 0 saturated carbocycles. The number of thiophene rings is 4. The maximum atomic E-state index is 5.74. The van der Waals surface area contributed by atoms with Crippen LogP contribution in [0.5, 0.6) is 0 Å². The van der Waals surface area contributed by atoms with Gasteiger partial charge in [0.2, 0.25) is 0 Å². The summed E-state index contributed by atoms with van der Waals surface area (Å²) in [5.41, 5.74) is 28.5. The summed E-state index contributed by atoms with van der Waals surface area (Å²) in [5.74, 6) is 16.1. The number of benzene rings is 6. The first-order valence-electron chi connectivity index (χ1n) is 38.2. The van der Waals surface area contributed by atoms with Crippen LogP contribution in [0, 0.1) is 45.9 Å². The summed E-state index contributed by atoms with van der Waals surface area (Å²) >= 11 is 1.45. The van der Waals surface area contributed by atoms with E-state index in [4.69, 9.17) is 8.92 Å². The third-order valence-electron chi connectivity index (χ3n) is 23.2. The van der Waals surface area contributed by atoms with Gasteiger partial charge in [0.05, 0.1) is 0 Å². The molecule has 0 aliphatic heterocycles. The SMILES string of the molecule is CC(C)[Si](C#Cc1c2cc3c[c]([Sn]([CH3])([CH3])[CH3])sc3cc2c(C#C[Si](C(C)C)(C(C)C)C(C)C)c2cc3s[c]([Sn]([CH3])([CH3])[CH3])cc3cc12)(C(C)C)C(C)C.CC(C)[Si](C#Cc1c2cc3ccsc3cc2c(C#C[Si](C(C)C)(C(C)C)C(C)C)c2cc3sccc3cc12)(C(C)C)C(C)C.[CH3][Sn]([CH3])([CH3])[Cl]. The molecule has 0 amide bonds. The molecule has 4 heterocycles. The van der Waals surface area contributed by atoms with Gasteiger partial charge in [-0.25, -0.2) is 0 Å². The average Bonchev–Trinajstić information content (AvgIpc) is 1.72. The van der Waals surface area contributed by atoms with Gasteiger partial charge in [0.25, 0.3) is 0 Å². The Morgan fingerprint density at radius 2 is 0.465 bits per heavy atom. The van der Waals surface area contributed by atoms with E-state index in [1.54, 1.807) is 5.79 Å². The summed E-state index contributed by atoms with van der Waals surface area (Å²) in [4.78, 5) is 21.8. The van der Waals surface area contributed by atoms with Crippen molar-refractivity contribution < 1.29 is 0 Å². The fourth-order valence-corrected chi connectivity index (χ4v) is 53.3. The average molecular weight is 1830 g/mol. The molecule has 0 aliphatic carbocycles. The second-order valence-corrected chi connectivity index (χ2v) is 113. The molecule has 0 atom stereocenters. The zero-order valence-corrected chi connectivity index (χ0v) is 85.1. The summed E-state index contributed by atoms with van der Waals surface area (Å²) in [6.45, 7) is 58.2. The van der Waals surface area contributed by atoms with E-state index in [1.165, 1.54) is 106 Å². The Bertz CT molecular complexity index is 4380. The Labute approximate surface area is 650 Å². The molecule has 10 aromatic rings. The maximum absolute atomic E-state index is 5.74. The molecule has 0 fully saturated rings. The Morgan fingerprint density at radius 1 is 0.277 bits per heavy atom. The fraction of sp³-hybridized carbons (Fsp3) is 0.506. The van der Waals surface area contributed by atoms with Crippen molar-refractivity contribution in [3.05, 3.63) is 106 Å². The van der Waals surface area contributed by atoms with Gasteiger partial charge in [-0.05, 0) is 102 Å². The second-order valence-electron chi connectivity index (χ2n) is 36.5. The summed E-state index contributed by atoms with van der Waals surface area (Å²) in [6.07, 6.45) is 0. The van der Waals surface area contributed by atoms with Gasteiger partial charge >= 0.3 is 380 Å². The number of hydrogen-bond acceptors (Lipinski definition) is 4. The molecule has 0 nitrogen and oxygen atoms in total. The van der Waals surface area contributed by atoms with Crippen LogP contribution in [0.3, 0.4) is 0 Å². The van der Waals surface area contributed by atoms with Gasteiger partial charge in [0.1, 0.15) is 16.1 Å². The number of rotatable bonds is 14. The van der Waals surface area contributed by atoms with E-state index < -0.39 is 86.3 Å². The van der Waals surface area contributed by atoms with E-state index in [2.05, 4.69) is 340 Å². The Hall–Kier alpha value is -2.01. The van der Waals surface area contributed by atoms with Crippen LogP contribution < -0.4 is 5.79 Å². The van der Waals surface area contributed by atoms with Crippen LogP contribution in [-0.2, 0) is 0 Å². The summed E-state index contributed by atoms with van der Waals surface area (Å²) in [7, 11) is -2.11. The van der Waals surface area contributed by atoms with Crippen LogP contribution in [0.1, 0.15) is 188 Å². The summed E-state index contributed by atoms with van der Waals surface area (Å²) in [5, 5.41) is 20.1. The van der Waals surface area contributed by atoms with Gasteiger partial charge in [-0.1, -0.05) is 94.9 Å². The van der Waals surface area contributed by atoms with Crippen LogP contribution in [0.15, 0.2) is 83.6 Å². The van der Waals surface area contributed by atoms with Crippen LogP contribution in [0.4, 0.5) is 0 Å². The fourth-order valence-electron chi connectivity index (χ4n) is 18.1. The Morgan fingerprint density at radius 3 is 0.663 bits per heavy atom. The predicted molar refractivity (Wildman–Crippen MR) is 491 cm³/mol. The standard InChI is InChI=1S/C40H50S2Si2.C40H48S2Si2.9CH3.ClH.3Sn/c2*1-25(2)43(26(3)4,27(5)6)19-15-33-35-21-31-13-17-41-39(31)23-37(35)34(16-20-44(28(7)8,29(9)10)30(11)12)38-24-40-32(14-18-42-40)22-36(33)38;;;;;;;;;;;;;/h13-14,17-18,21-30H,1-12H3;13-14,21-30H,1-12H3;9*1H3;1H;;;/q;;;;;;;;;;;;;;+1/p-1. The first-order chi connectivity index (χ1) is 46.7. The van der Waals surface area contributed by atoms with E-state index in [-0.39, 0.29) is 0 Å². The van der Waals surface area contributed by atoms with Crippen molar-refractivity contribution in [3.8, 4) is 45.9 Å². The second kappa shape index (κ2) is 32.7. The number of halogens is 1. The molecule has 6 aromatic carbocycles. The Kier molecular flexibility index (Phi) is 27.4. The molecule has 0 unspecified atom stereocenters.